The standard InChI is InChI=1S/C19H14F2N2O5S/c1-27-15(24)9-23-13-7-6-10(18(26)28-2)8-14(13)29-19(23)22-17(25)16-11(20)4-3-5-12(16)21/h3-8H,9H2,1-2H3. The highest BCUT2D eigenvalue weighted by Gasteiger charge is 2.19. The largest absolute Gasteiger partial charge is 0.468 e. The summed E-state index contributed by atoms with van der Waals surface area (Å²) in [4.78, 5) is 39.8. The van der Waals surface area contributed by atoms with Gasteiger partial charge in [-0.25, -0.2) is 13.6 Å². The highest BCUT2D eigenvalue weighted by molar-refractivity contribution is 7.16. The Labute approximate surface area is 166 Å². The number of ether oxygens (including phenoxy) is 2. The lowest BCUT2D eigenvalue weighted by Gasteiger charge is -2.04. The van der Waals surface area contributed by atoms with Crippen LogP contribution in [0.5, 0.6) is 0 Å². The van der Waals surface area contributed by atoms with E-state index in [1.54, 1.807) is 6.07 Å². The van der Waals surface area contributed by atoms with Crippen LogP contribution in [0.3, 0.4) is 0 Å². The minimum absolute atomic E-state index is 0.0140. The maximum absolute atomic E-state index is 13.9. The summed E-state index contributed by atoms with van der Waals surface area (Å²) >= 11 is 0.968. The number of benzene rings is 2. The van der Waals surface area contributed by atoms with E-state index in [0.717, 1.165) is 29.5 Å². The van der Waals surface area contributed by atoms with Crippen LogP contribution in [-0.4, -0.2) is 36.6 Å². The molecule has 29 heavy (non-hydrogen) atoms. The Hall–Kier alpha value is -3.40. The number of aromatic nitrogens is 1. The SMILES string of the molecule is COC(=O)Cn1c(=NC(=O)c2c(F)cccc2F)sc2cc(C(=O)OC)ccc21. The number of carbonyl (C=O) groups is 3. The van der Waals surface area contributed by atoms with Crippen molar-refractivity contribution >= 4 is 39.4 Å². The van der Waals surface area contributed by atoms with Crippen molar-refractivity contribution in [3.05, 3.63) is 64.0 Å². The predicted octanol–water partition coefficient (Wildman–Crippen LogP) is 2.68. The van der Waals surface area contributed by atoms with E-state index in [-0.39, 0.29) is 16.9 Å². The van der Waals surface area contributed by atoms with Crippen LogP contribution in [0.1, 0.15) is 20.7 Å². The molecule has 3 rings (SSSR count). The van der Waals surface area contributed by atoms with Gasteiger partial charge in [0.05, 0.1) is 30.0 Å². The third-order valence-corrected chi connectivity index (χ3v) is 5.03. The summed E-state index contributed by atoms with van der Waals surface area (Å²) in [7, 11) is 2.43. The maximum atomic E-state index is 13.9. The molecule has 0 fully saturated rings. The zero-order valence-electron chi connectivity index (χ0n) is 15.3. The van der Waals surface area contributed by atoms with E-state index >= 15 is 0 Å². The minimum atomic E-state index is -1.14. The first-order chi connectivity index (χ1) is 13.8. The van der Waals surface area contributed by atoms with Crippen LogP contribution in [0.15, 0.2) is 41.4 Å². The molecule has 0 saturated heterocycles. The van der Waals surface area contributed by atoms with Gasteiger partial charge in [-0.3, -0.25) is 9.59 Å². The number of thiazole rings is 1. The van der Waals surface area contributed by atoms with Crippen LogP contribution in [0, 0.1) is 11.6 Å². The van der Waals surface area contributed by atoms with Gasteiger partial charge in [-0.1, -0.05) is 17.4 Å². The molecule has 0 aliphatic heterocycles. The molecule has 0 aliphatic rings. The number of rotatable bonds is 4. The molecule has 0 atom stereocenters. The first-order valence-corrected chi connectivity index (χ1v) is 8.99. The topological polar surface area (TPSA) is 87.0 Å². The molecule has 10 heteroatoms. The molecule has 150 valence electrons. The van der Waals surface area contributed by atoms with E-state index in [1.807, 2.05) is 0 Å². The predicted molar refractivity (Wildman–Crippen MR) is 99.4 cm³/mol. The molecule has 0 N–H and O–H groups in total. The van der Waals surface area contributed by atoms with Crippen LogP contribution in [0.25, 0.3) is 10.2 Å². The second-order valence-electron chi connectivity index (χ2n) is 5.73. The van der Waals surface area contributed by atoms with Gasteiger partial charge in [-0.15, -0.1) is 0 Å². The van der Waals surface area contributed by atoms with E-state index < -0.39 is 35.0 Å². The van der Waals surface area contributed by atoms with Gasteiger partial charge in [0.15, 0.2) is 4.80 Å². The monoisotopic (exact) mass is 420 g/mol. The van der Waals surface area contributed by atoms with E-state index in [9.17, 15) is 23.2 Å². The van der Waals surface area contributed by atoms with Gasteiger partial charge in [0.2, 0.25) is 0 Å². The highest BCUT2D eigenvalue weighted by atomic mass is 32.1. The molecular formula is C19H14F2N2O5S. The normalized spacial score (nSPS) is 11.5. The molecule has 0 unspecified atom stereocenters. The lowest BCUT2D eigenvalue weighted by atomic mass is 10.2. The first kappa shape index (κ1) is 20.3. The minimum Gasteiger partial charge on any atom is -0.468 e. The smallest absolute Gasteiger partial charge is 0.337 e. The average molecular weight is 420 g/mol. The zero-order valence-corrected chi connectivity index (χ0v) is 16.1. The van der Waals surface area contributed by atoms with Crippen LogP contribution in [0.4, 0.5) is 8.78 Å². The molecule has 1 aromatic heterocycles. The second kappa shape index (κ2) is 8.31. The van der Waals surface area contributed by atoms with Gasteiger partial charge < -0.3 is 14.0 Å². The van der Waals surface area contributed by atoms with Crippen molar-refractivity contribution in [2.75, 3.05) is 14.2 Å². The molecule has 1 heterocycles. The van der Waals surface area contributed by atoms with Crippen molar-refractivity contribution in [1.29, 1.82) is 0 Å². The summed E-state index contributed by atoms with van der Waals surface area (Å²) < 4.78 is 39.0. The number of esters is 2. The summed E-state index contributed by atoms with van der Waals surface area (Å²) in [5.41, 5.74) is -0.0667. The fraction of sp³-hybridized carbons (Fsp3) is 0.158. The summed E-state index contributed by atoms with van der Waals surface area (Å²) in [6.07, 6.45) is 0. The Morgan fingerprint density at radius 3 is 2.38 bits per heavy atom. The first-order valence-electron chi connectivity index (χ1n) is 8.17. The van der Waals surface area contributed by atoms with Crippen LogP contribution < -0.4 is 4.80 Å². The van der Waals surface area contributed by atoms with Crippen molar-refractivity contribution in [3.8, 4) is 0 Å². The van der Waals surface area contributed by atoms with Gasteiger partial charge in [0.1, 0.15) is 23.7 Å². The quantitative estimate of drug-likeness (QED) is 0.606. The van der Waals surface area contributed by atoms with Crippen molar-refractivity contribution in [1.82, 2.24) is 4.57 Å². The Morgan fingerprint density at radius 1 is 1.07 bits per heavy atom. The third kappa shape index (κ3) is 4.06. The van der Waals surface area contributed by atoms with Crippen LogP contribution >= 0.6 is 11.3 Å². The third-order valence-electron chi connectivity index (χ3n) is 3.99. The molecule has 0 saturated carbocycles. The highest BCUT2D eigenvalue weighted by Crippen LogP contribution is 2.21. The zero-order chi connectivity index (χ0) is 21.1. The van der Waals surface area contributed by atoms with E-state index in [2.05, 4.69) is 14.5 Å². The Balaban J connectivity index is 2.20. The van der Waals surface area contributed by atoms with Crippen molar-refractivity contribution in [2.24, 2.45) is 4.99 Å². The number of hydrogen-bond acceptors (Lipinski definition) is 6. The van der Waals surface area contributed by atoms with Gasteiger partial charge in [-0.05, 0) is 30.3 Å². The van der Waals surface area contributed by atoms with Gasteiger partial charge in [-0.2, -0.15) is 4.99 Å². The molecule has 1 amide bonds. The number of nitrogens with zero attached hydrogens (tertiary/aromatic N) is 2. The van der Waals surface area contributed by atoms with Gasteiger partial charge in [0.25, 0.3) is 5.91 Å². The molecular weight excluding hydrogens is 406 g/mol. The van der Waals surface area contributed by atoms with E-state index in [1.165, 1.54) is 30.9 Å². The van der Waals surface area contributed by atoms with Crippen LogP contribution in [0.2, 0.25) is 0 Å². The number of amides is 1. The number of methoxy groups -OCH3 is 2. The molecule has 0 bridgehead atoms. The van der Waals surface area contributed by atoms with E-state index in [4.69, 9.17) is 0 Å². The van der Waals surface area contributed by atoms with Crippen molar-refractivity contribution < 1.29 is 32.6 Å². The van der Waals surface area contributed by atoms with Crippen molar-refractivity contribution in [2.45, 2.75) is 6.54 Å². The lowest BCUT2D eigenvalue weighted by molar-refractivity contribution is -0.141. The lowest BCUT2D eigenvalue weighted by Crippen LogP contribution is -2.22. The second-order valence-corrected chi connectivity index (χ2v) is 6.74. The Bertz CT molecular complexity index is 1180. The fourth-order valence-corrected chi connectivity index (χ4v) is 3.66. The average Bonchev–Trinajstić information content (AvgIpc) is 3.03. The van der Waals surface area contributed by atoms with Crippen molar-refractivity contribution in [3.63, 3.8) is 0 Å². The Kier molecular flexibility index (Phi) is 5.83. The molecule has 0 spiro atoms. The summed E-state index contributed by atoms with van der Waals surface area (Å²) in [6.45, 7) is -0.292. The number of hydrogen-bond donors (Lipinski definition) is 0. The Morgan fingerprint density at radius 2 is 1.76 bits per heavy atom. The summed E-state index contributed by atoms with van der Waals surface area (Å²) in [5.74, 6) is -4.42. The number of halogens is 2. The van der Waals surface area contributed by atoms with Gasteiger partial charge in [0, 0.05) is 0 Å². The molecule has 7 nitrogen and oxygen atoms in total. The fourth-order valence-electron chi connectivity index (χ4n) is 2.59. The van der Waals surface area contributed by atoms with Crippen LogP contribution in [-0.2, 0) is 20.8 Å². The summed E-state index contributed by atoms with van der Waals surface area (Å²) in [5, 5.41) is 0. The number of carbonyl (C=O) groups excluding carboxylic acids is 3. The molecule has 0 radical (unpaired) electrons. The molecule has 3 aromatic rings. The van der Waals surface area contributed by atoms with Gasteiger partial charge >= 0.3 is 11.9 Å². The summed E-state index contributed by atoms with van der Waals surface area (Å²) in [6, 6.07) is 7.56. The number of fused-ring (bicyclic) bond motifs is 1. The maximum Gasteiger partial charge on any atom is 0.337 e. The molecule has 0 aliphatic carbocycles. The van der Waals surface area contributed by atoms with E-state index in [0.29, 0.717) is 10.2 Å². The molecule has 2 aromatic carbocycles.